The summed E-state index contributed by atoms with van der Waals surface area (Å²) < 4.78 is 35.3. The number of sulfonamides is 1. The van der Waals surface area contributed by atoms with Crippen molar-refractivity contribution < 1.29 is 13.2 Å². The van der Waals surface area contributed by atoms with Crippen molar-refractivity contribution in [3.63, 3.8) is 0 Å². The molecule has 2 aromatic heterocycles. The van der Waals surface area contributed by atoms with Crippen LogP contribution in [0.5, 0.6) is 0 Å². The van der Waals surface area contributed by atoms with Crippen LogP contribution < -0.4 is 5.56 Å². The Morgan fingerprint density at radius 2 is 1.85 bits per heavy atom. The van der Waals surface area contributed by atoms with Gasteiger partial charge in [-0.25, -0.2) is 13.4 Å². The standard InChI is InChI=1S/C22H28N6O4S/c1-13(2)18-19-20(27(4)25-18)22(29)24-21(23-19)16-11-14(5-6-15(16)17-12-32-17)33(30,31)28-9-7-26(3)8-10-28/h5-6,11,13,17H,7-10,12H2,1-4H3,(H,23,24,29). The van der Waals surface area contributed by atoms with Crippen LogP contribution in [0.15, 0.2) is 27.9 Å². The maximum Gasteiger partial charge on any atom is 0.277 e. The summed E-state index contributed by atoms with van der Waals surface area (Å²) in [6, 6.07) is 5.00. The maximum atomic E-state index is 13.4. The summed E-state index contributed by atoms with van der Waals surface area (Å²) in [4.78, 5) is 22.9. The number of epoxide rings is 1. The molecule has 0 bridgehead atoms. The molecule has 2 saturated heterocycles. The lowest BCUT2D eigenvalue weighted by Gasteiger charge is -2.31. The molecule has 1 N–H and O–H groups in total. The highest BCUT2D eigenvalue weighted by atomic mass is 32.2. The van der Waals surface area contributed by atoms with Crippen LogP contribution >= 0.6 is 0 Å². The van der Waals surface area contributed by atoms with Crippen molar-refractivity contribution in [3.05, 3.63) is 39.8 Å². The van der Waals surface area contributed by atoms with Crippen molar-refractivity contribution in [1.29, 1.82) is 0 Å². The number of aromatic amines is 1. The molecular weight excluding hydrogens is 444 g/mol. The highest BCUT2D eigenvalue weighted by Crippen LogP contribution is 2.38. The van der Waals surface area contributed by atoms with Gasteiger partial charge in [-0.3, -0.25) is 9.48 Å². The Balaban J connectivity index is 1.66. The first-order valence-electron chi connectivity index (χ1n) is 11.1. The lowest BCUT2D eigenvalue weighted by molar-refractivity contribution is 0.222. The summed E-state index contributed by atoms with van der Waals surface area (Å²) in [5.41, 5.74) is 2.71. The van der Waals surface area contributed by atoms with Crippen LogP contribution in [-0.4, -0.2) is 77.2 Å². The number of H-pyrrole nitrogens is 1. The van der Waals surface area contributed by atoms with Gasteiger partial charge >= 0.3 is 0 Å². The number of benzene rings is 1. The third kappa shape index (κ3) is 3.88. The number of aryl methyl sites for hydroxylation is 1. The van der Waals surface area contributed by atoms with Crippen molar-refractivity contribution in [2.45, 2.75) is 30.8 Å². The molecule has 10 nitrogen and oxygen atoms in total. The molecular formula is C22H28N6O4S. The predicted molar refractivity (Wildman–Crippen MR) is 124 cm³/mol. The molecule has 3 aromatic rings. The van der Waals surface area contributed by atoms with Gasteiger partial charge in [0.15, 0.2) is 5.52 Å². The van der Waals surface area contributed by atoms with E-state index in [4.69, 9.17) is 9.72 Å². The van der Waals surface area contributed by atoms with Crippen molar-refractivity contribution in [3.8, 4) is 11.4 Å². The second-order valence-electron chi connectivity index (χ2n) is 9.05. The minimum Gasteiger partial charge on any atom is -0.368 e. The van der Waals surface area contributed by atoms with Crippen molar-refractivity contribution in [2.24, 2.45) is 7.05 Å². The van der Waals surface area contributed by atoms with Gasteiger partial charge < -0.3 is 14.6 Å². The Kier molecular flexibility index (Phi) is 5.39. The molecule has 0 amide bonds. The number of fused-ring (bicyclic) bond motifs is 1. The van der Waals surface area contributed by atoms with Crippen LogP contribution in [-0.2, 0) is 21.8 Å². The van der Waals surface area contributed by atoms with E-state index in [0.29, 0.717) is 55.2 Å². The SMILES string of the molecule is CC(C)c1nn(C)c2c(=O)[nH]c(-c3cc(S(=O)(=O)N4CCN(C)CC4)ccc3C3CO3)nc12. The zero-order valence-corrected chi connectivity index (χ0v) is 20.0. The second-order valence-corrected chi connectivity index (χ2v) is 11.0. The topological polar surface area (TPSA) is 117 Å². The number of nitrogens with zero attached hydrogens (tertiary/aromatic N) is 5. The minimum absolute atomic E-state index is 0.0750. The van der Waals surface area contributed by atoms with E-state index in [2.05, 4.69) is 15.0 Å². The van der Waals surface area contributed by atoms with Crippen LogP contribution in [0.4, 0.5) is 0 Å². The highest BCUT2D eigenvalue weighted by Gasteiger charge is 2.32. The van der Waals surface area contributed by atoms with Crippen LogP contribution in [0.3, 0.4) is 0 Å². The molecule has 33 heavy (non-hydrogen) atoms. The number of piperazine rings is 1. The van der Waals surface area contributed by atoms with Gasteiger partial charge in [0.1, 0.15) is 17.4 Å². The highest BCUT2D eigenvalue weighted by molar-refractivity contribution is 7.89. The van der Waals surface area contributed by atoms with Gasteiger partial charge in [-0.2, -0.15) is 9.40 Å². The van der Waals surface area contributed by atoms with Crippen molar-refractivity contribution in [2.75, 3.05) is 39.8 Å². The van der Waals surface area contributed by atoms with E-state index in [9.17, 15) is 13.2 Å². The lowest BCUT2D eigenvalue weighted by atomic mass is 10.0. The summed E-state index contributed by atoms with van der Waals surface area (Å²) in [6.45, 7) is 6.80. The average molecular weight is 473 g/mol. The van der Waals surface area contributed by atoms with E-state index in [0.717, 1.165) is 11.3 Å². The van der Waals surface area contributed by atoms with Gasteiger partial charge in [-0.15, -0.1) is 0 Å². The van der Waals surface area contributed by atoms with Crippen LogP contribution in [0.25, 0.3) is 22.4 Å². The number of likely N-dealkylation sites (N-methyl/N-ethyl adjacent to an activating group) is 1. The van der Waals surface area contributed by atoms with Gasteiger partial charge in [-0.05, 0) is 30.7 Å². The number of nitrogens with one attached hydrogen (secondary N) is 1. The maximum absolute atomic E-state index is 13.4. The van der Waals surface area contributed by atoms with Gasteiger partial charge in [0.25, 0.3) is 5.56 Å². The number of hydrogen-bond donors (Lipinski definition) is 1. The number of aromatic nitrogens is 4. The summed E-state index contributed by atoms with van der Waals surface area (Å²) in [7, 11) is 0.0219. The average Bonchev–Trinajstić information content (AvgIpc) is 3.56. The van der Waals surface area contributed by atoms with E-state index in [1.165, 1.54) is 4.31 Å². The molecule has 2 aliphatic heterocycles. The van der Waals surface area contributed by atoms with E-state index in [1.54, 1.807) is 29.9 Å². The molecule has 1 atom stereocenters. The molecule has 4 heterocycles. The second kappa shape index (κ2) is 8.01. The van der Waals surface area contributed by atoms with Crippen LogP contribution in [0.1, 0.15) is 37.1 Å². The molecule has 176 valence electrons. The van der Waals surface area contributed by atoms with Gasteiger partial charge in [0.2, 0.25) is 10.0 Å². The first-order valence-corrected chi connectivity index (χ1v) is 12.5. The smallest absolute Gasteiger partial charge is 0.277 e. The molecule has 0 aliphatic carbocycles. The number of ether oxygens (including phenoxy) is 1. The Morgan fingerprint density at radius 1 is 1.15 bits per heavy atom. The third-order valence-electron chi connectivity index (χ3n) is 6.33. The van der Waals surface area contributed by atoms with E-state index >= 15 is 0 Å². The van der Waals surface area contributed by atoms with Gasteiger partial charge in [-0.1, -0.05) is 19.9 Å². The van der Waals surface area contributed by atoms with E-state index in [-0.39, 0.29) is 22.5 Å². The van der Waals surface area contributed by atoms with Crippen molar-refractivity contribution in [1.82, 2.24) is 29.0 Å². The zero-order valence-electron chi connectivity index (χ0n) is 19.2. The van der Waals surface area contributed by atoms with Gasteiger partial charge in [0.05, 0.1) is 17.2 Å². The Bertz CT molecular complexity index is 1380. The molecule has 1 aromatic carbocycles. The van der Waals surface area contributed by atoms with Crippen LogP contribution in [0, 0.1) is 0 Å². The zero-order chi connectivity index (χ0) is 23.5. The fourth-order valence-corrected chi connectivity index (χ4v) is 5.76. The number of hydrogen-bond acceptors (Lipinski definition) is 7. The summed E-state index contributed by atoms with van der Waals surface area (Å²) in [5, 5.41) is 4.48. The normalized spacial score (nSPS) is 20.1. The Hall–Kier alpha value is -2.60. The molecule has 2 fully saturated rings. The first-order chi connectivity index (χ1) is 15.7. The molecule has 1 unspecified atom stereocenters. The Labute approximate surface area is 192 Å². The largest absolute Gasteiger partial charge is 0.368 e. The number of rotatable bonds is 5. The summed E-state index contributed by atoms with van der Waals surface area (Å²) >= 11 is 0. The third-order valence-corrected chi connectivity index (χ3v) is 8.22. The minimum atomic E-state index is -3.68. The molecule has 0 spiro atoms. The van der Waals surface area contributed by atoms with Crippen molar-refractivity contribution >= 4 is 21.1 Å². The molecule has 5 rings (SSSR count). The molecule has 0 saturated carbocycles. The van der Waals surface area contributed by atoms with E-state index < -0.39 is 10.0 Å². The van der Waals surface area contributed by atoms with E-state index in [1.807, 2.05) is 20.9 Å². The fraction of sp³-hybridized carbons (Fsp3) is 0.500. The molecule has 2 aliphatic rings. The monoisotopic (exact) mass is 472 g/mol. The predicted octanol–water partition coefficient (Wildman–Crippen LogP) is 1.45. The Morgan fingerprint density at radius 3 is 2.48 bits per heavy atom. The molecule has 0 radical (unpaired) electrons. The molecule has 11 heteroatoms. The quantitative estimate of drug-likeness (QED) is 0.559. The lowest BCUT2D eigenvalue weighted by Crippen LogP contribution is -2.47. The van der Waals surface area contributed by atoms with Crippen LogP contribution in [0.2, 0.25) is 0 Å². The van der Waals surface area contributed by atoms with Gasteiger partial charge in [0, 0.05) is 38.8 Å². The first kappa shape index (κ1) is 22.2. The summed E-state index contributed by atoms with van der Waals surface area (Å²) in [5.74, 6) is 0.398. The fourth-order valence-electron chi connectivity index (χ4n) is 4.31. The summed E-state index contributed by atoms with van der Waals surface area (Å²) in [6.07, 6.45) is -0.139.